The minimum atomic E-state index is -0.952. The lowest BCUT2D eigenvalue weighted by Gasteiger charge is -2.21. The van der Waals surface area contributed by atoms with Gasteiger partial charge in [0.1, 0.15) is 0 Å². The van der Waals surface area contributed by atoms with Crippen LogP contribution in [0.3, 0.4) is 0 Å². The van der Waals surface area contributed by atoms with Gasteiger partial charge in [-0.25, -0.2) is 0 Å². The maximum Gasteiger partial charge on any atom is 0.222 e. The zero-order valence-corrected chi connectivity index (χ0v) is 44.6. The number of aliphatic hydroxyl groups excluding tert-OH is 3. The predicted octanol–water partition coefficient (Wildman–Crippen LogP) is 18.6. The van der Waals surface area contributed by atoms with Crippen LogP contribution >= 0.6 is 0 Å². The van der Waals surface area contributed by atoms with Crippen LogP contribution in [0.15, 0.2) is 36.5 Å². The Balaban J connectivity index is 3.57. The third kappa shape index (κ3) is 52.0. The van der Waals surface area contributed by atoms with E-state index in [0.29, 0.717) is 6.42 Å². The van der Waals surface area contributed by atoms with E-state index in [9.17, 15) is 20.1 Å². The minimum Gasteiger partial charge on any atom is -0.394 e. The quantitative estimate of drug-likeness (QED) is 0.0361. The minimum absolute atomic E-state index is 0.00765. The van der Waals surface area contributed by atoms with E-state index in [1.54, 1.807) is 6.08 Å². The molecule has 0 aromatic carbocycles. The molecule has 5 heteroatoms. The SMILES string of the molecule is CCCCCCCCCCCCCC/C=C\CCCCCCCCCCCCCCCC(O)CC(=O)NC(CO)C(O)/C=C/CC/C=C/CCCCCCCCCCCCCCCCCC. The lowest BCUT2D eigenvalue weighted by Crippen LogP contribution is -2.45. The van der Waals surface area contributed by atoms with Crippen LogP contribution in [0.5, 0.6) is 0 Å². The summed E-state index contributed by atoms with van der Waals surface area (Å²) in [5.41, 5.74) is 0. The van der Waals surface area contributed by atoms with Gasteiger partial charge < -0.3 is 20.6 Å². The van der Waals surface area contributed by atoms with E-state index in [0.717, 1.165) is 32.1 Å². The second kappa shape index (κ2) is 56.2. The Hall–Kier alpha value is -1.43. The summed E-state index contributed by atoms with van der Waals surface area (Å²) in [5, 5.41) is 33.5. The summed E-state index contributed by atoms with van der Waals surface area (Å²) in [6.07, 6.45) is 73.5. The van der Waals surface area contributed by atoms with Crippen molar-refractivity contribution in [1.82, 2.24) is 5.32 Å². The summed E-state index contributed by atoms with van der Waals surface area (Å²) in [7, 11) is 0. The van der Waals surface area contributed by atoms with Crippen molar-refractivity contribution < 1.29 is 20.1 Å². The molecule has 0 spiro atoms. The van der Waals surface area contributed by atoms with E-state index in [4.69, 9.17) is 0 Å². The number of unbranched alkanes of at least 4 members (excludes halogenated alkanes) is 42. The van der Waals surface area contributed by atoms with Gasteiger partial charge in [0.25, 0.3) is 0 Å². The smallest absolute Gasteiger partial charge is 0.222 e. The van der Waals surface area contributed by atoms with E-state index >= 15 is 0 Å². The average molecular weight is 929 g/mol. The molecule has 0 bridgehead atoms. The van der Waals surface area contributed by atoms with Crippen molar-refractivity contribution in [2.24, 2.45) is 0 Å². The van der Waals surface area contributed by atoms with E-state index in [1.807, 2.05) is 6.08 Å². The van der Waals surface area contributed by atoms with Crippen molar-refractivity contribution in [1.29, 1.82) is 0 Å². The molecule has 66 heavy (non-hydrogen) atoms. The fourth-order valence-electron chi connectivity index (χ4n) is 9.35. The highest BCUT2D eigenvalue weighted by atomic mass is 16.3. The van der Waals surface area contributed by atoms with Crippen LogP contribution < -0.4 is 5.32 Å². The molecule has 0 rings (SSSR count). The second-order valence-corrected chi connectivity index (χ2v) is 20.6. The Morgan fingerprint density at radius 2 is 0.652 bits per heavy atom. The molecule has 4 N–H and O–H groups in total. The Morgan fingerprint density at radius 1 is 0.379 bits per heavy atom. The van der Waals surface area contributed by atoms with Crippen molar-refractivity contribution >= 4 is 5.91 Å². The molecule has 3 atom stereocenters. The first kappa shape index (κ1) is 64.6. The van der Waals surface area contributed by atoms with E-state index < -0.39 is 18.2 Å². The summed E-state index contributed by atoms with van der Waals surface area (Å²) >= 11 is 0. The van der Waals surface area contributed by atoms with Crippen LogP contribution in [-0.2, 0) is 4.79 Å². The fourth-order valence-corrected chi connectivity index (χ4v) is 9.35. The van der Waals surface area contributed by atoms with Gasteiger partial charge in [-0.15, -0.1) is 0 Å². The first-order valence-corrected chi connectivity index (χ1v) is 29.8. The molecule has 5 nitrogen and oxygen atoms in total. The number of aliphatic hydroxyl groups is 3. The Bertz CT molecular complexity index is 1020. The number of carbonyl (C=O) groups is 1. The number of allylic oxidation sites excluding steroid dienone is 5. The van der Waals surface area contributed by atoms with E-state index in [1.165, 1.54) is 263 Å². The molecule has 390 valence electrons. The summed E-state index contributed by atoms with van der Waals surface area (Å²) in [6, 6.07) is -0.762. The molecular formula is C61H117NO4. The molecule has 0 radical (unpaired) electrons. The van der Waals surface area contributed by atoms with E-state index in [-0.39, 0.29) is 18.9 Å². The van der Waals surface area contributed by atoms with Crippen LogP contribution in [0.1, 0.15) is 322 Å². The molecule has 0 aliphatic heterocycles. The van der Waals surface area contributed by atoms with Crippen molar-refractivity contribution in [3.63, 3.8) is 0 Å². The first-order chi connectivity index (χ1) is 32.5. The van der Waals surface area contributed by atoms with Gasteiger partial charge in [0.15, 0.2) is 0 Å². The van der Waals surface area contributed by atoms with Gasteiger partial charge in [0.2, 0.25) is 5.91 Å². The van der Waals surface area contributed by atoms with Crippen LogP contribution in [0, 0.1) is 0 Å². The third-order valence-electron chi connectivity index (χ3n) is 13.9. The Morgan fingerprint density at radius 3 is 0.970 bits per heavy atom. The van der Waals surface area contributed by atoms with E-state index in [2.05, 4.69) is 43.5 Å². The first-order valence-electron chi connectivity index (χ1n) is 29.8. The summed E-state index contributed by atoms with van der Waals surface area (Å²) < 4.78 is 0. The molecule has 1 amide bonds. The molecule has 0 heterocycles. The lowest BCUT2D eigenvalue weighted by molar-refractivity contribution is -0.124. The van der Waals surface area contributed by atoms with Gasteiger partial charge in [0.05, 0.1) is 31.3 Å². The Kier molecular flexibility index (Phi) is 54.9. The van der Waals surface area contributed by atoms with Crippen LogP contribution in [0.25, 0.3) is 0 Å². The van der Waals surface area contributed by atoms with Gasteiger partial charge in [0, 0.05) is 0 Å². The highest BCUT2D eigenvalue weighted by molar-refractivity contribution is 5.76. The normalized spacial score (nSPS) is 13.5. The molecule has 0 aliphatic rings. The van der Waals surface area contributed by atoms with Gasteiger partial charge >= 0.3 is 0 Å². The average Bonchev–Trinajstić information content (AvgIpc) is 3.31. The maximum atomic E-state index is 12.5. The molecule has 0 saturated carbocycles. The third-order valence-corrected chi connectivity index (χ3v) is 13.9. The number of rotatable bonds is 55. The zero-order chi connectivity index (χ0) is 47.9. The highest BCUT2D eigenvalue weighted by Crippen LogP contribution is 2.17. The lowest BCUT2D eigenvalue weighted by atomic mass is 10.0. The highest BCUT2D eigenvalue weighted by Gasteiger charge is 2.20. The summed E-state index contributed by atoms with van der Waals surface area (Å²) in [4.78, 5) is 12.5. The maximum absolute atomic E-state index is 12.5. The van der Waals surface area contributed by atoms with Crippen molar-refractivity contribution in [2.75, 3.05) is 6.61 Å². The number of hydrogen-bond donors (Lipinski definition) is 4. The zero-order valence-electron chi connectivity index (χ0n) is 44.6. The number of hydrogen-bond acceptors (Lipinski definition) is 4. The van der Waals surface area contributed by atoms with Gasteiger partial charge in [-0.3, -0.25) is 4.79 Å². The number of nitrogens with one attached hydrogen (secondary N) is 1. The monoisotopic (exact) mass is 928 g/mol. The molecule has 3 unspecified atom stereocenters. The van der Waals surface area contributed by atoms with Crippen LogP contribution in [0.4, 0.5) is 0 Å². The van der Waals surface area contributed by atoms with Crippen LogP contribution in [0.2, 0.25) is 0 Å². The molecule has 0 aromatic heterocycles. The molecule has 0 saturated heterocycles. The predicted molar refractivity (Wildman–Crippen MR) is 291 cm³/mol. The van der Waals surface area contributed by atoms with Crippen molar-refractivity contribution in [3.05, 3.63) is 36.5 Å². The molecular weight excluding hydrogens is 811 g/mol. The number of amides is 1. The number of carbonyl (C=O) groups excluding carboxylic acids is 1. The second-order valence-electron chi connectivity index (χ2n) is 20.6. The van der Waals surface area contributed by atoms with Crippen LogP contribution in [-0.4, -0.2) is 46.1 Å². The topological polar surface area (TPSA) is 89.8 Å². The van der Waals surface area contributed by atoms with Crippen molar-refractivity contribution in [2.45, 2.75) is 340 Å². The fraction of sp³-hybridized carbons (Fsp3) is 0.885. The van der Waals surface area contributed by atoms with Gasteiger partial charge in [-0.2, -0.15) is 0 Å². The van der Waals surface area contributed by atoms with Gasteiger partial charge in [-0.05, 0) is 57.8 Å². The largest absolute Gasteiger partial charge is 0.394 e. The Labute approximate surface area is 413 Å². The molecule has 0 aliphatic carbocycles. The molecule has 0 aromatic rings. The van der Waals surface area contributed by atoms with Crippen molar-refractivity contribution in [3.8, 4) is 0 Å². The summed E-state index contributed by atoms with van der Waals surface area (Å²) in [6.45, 7) is 4.24. The molecule has 0 fully saturated rings. The standard InChI is InChI=1S/C61H117NO4/c1-3-5-7-9-11-13-15-17-19-21-23-25-27-28-29-30-31-32-33-34-36-38-40-42-44-46-48-50-52-54-58(64)56-61(66)62-59(57-63)60(65)55-53-51-49-47-45-43-41-39-37-35-26-24-22-20-18-16-14-12-10-8-6-4-2/h28-29,45,47,53,55,58-60,63-65H,3-27,30-44,46,48-52,54,56-57H2,1-2H3,(H,62,66)/b29-28-,47-45+,55-53+. The van der Waals surface area contributed by atoms with Gasteiger partial charge in [-0.1, -0.05) is 294 Å². The summed E-state index contributed by atoms with van der Waals surface area (Å²) in [5.74, 6) is -0.321.